The summed E-state index contributed by atoms with van der Waals surface area (Å²) in [5.74, 6) is 0.608. The molecular weight excluding hydrogens is 236 g/mol. The molecule has 2 heterocycles. The van der Waals surface area contributed by atoms with E-state index in [1.54, 1.807) is 22.7 Å². The normalized spacial score (nSPS) is 10.7. The van der Waals surface area contributed by atoms with Crippen LogP contribution in [-0.4, -0.2) is 16.1 Å². The monoisotopic (exact) mass is 244 g/mol. The van der Waals surface area contributed by atoms with Crippen molar-refractivity contribution in [1.29, 1.82) is 0 Å². The van der Waals surface area contributed by atoms with E-state index in [1.807, 2.05) is 0 Å². The van der Waals surface area contributed by atoms with Crippen molar-refractivity contribution in [3.8, 4) is 10.6 Å². The largest absolute Gasteiger partial charge is 0.151 e. The number of rotatable bonds is 3. The summed E-state index contributed by atoms with van der Waals surface area (Å²) in [4.78, 5) is 0. The predicted octanol–water partition coefficient (Wildman–Crippen LogP) is 3.36. The molecule has 0 unspecified atom stereocenters. The van der Waals surface area contributed by atoms with Crippen LogP contribution in [0, 0.1) is 6.92 Å². The van der Waals surface area contributed by atoms with Crippen LogP contribution in [0.3, 0.4) is 0 Å². The minimum Gasteiger partial charge on any atom is -0.151 e. The van der Waals surface area contributed by atoms with Gasteiger partial charge in [-0.3, -0.25) is 0 Å². The minimum absolute atomic E-state index is 0.608. The summed E-state index contributed by atoms with van der Waals surface area (Å²) in [6.07, 6.45) is 0.808. The van der Waals surface area contributed by atoms with Gasteiger partial charge in [0.1, 0.15) is 10.0 Å². The highest BCUT2D eigenvalue weighted by molar-refractivity contribution is 7.15. The molecular formula is C9H9ClN2S2. The summed E-state index contributed by atoms with van der Waals surface area (Å²) in [6, 6.07) is 0. The molecule has 0 aromatic carbocycles. The van der Waals surface area contributed by atoms with Gasteiger partial charge in [-0.2, -0.15) is 11.3 Å². The highest BCUT2D eigenvalue weighted by Crippen LogP contribution is 2.29. The number of alkyl halides is 1. The molecule has 5 heteroatoms. The highest BCUT2D eigenvalue weighted by Gasteiger charge is 2.08. The minimum atomic E-state index is 0.608. The molecule has 2 rings (SSSR count). The van der Waals surface area contributed by atoms with Gasteiger partial charge in [0.2, 0.25) is 0 Å². The fourth-order valence-electron chi connectivity index (χ4n) is 1.12. The van der Waals surface area contributed by atoms with Gasteiger partial charge in [-0.15, -0.1) is 21.8 Å². The summed E-state index contributed by atoms with van der Waals surface area (Å²) in [7, 11) is 0. The number of nitrogens with zero attached hydrogens (tertiary/aromatic N) is 2. The summed E-state index contributed by atoms with van der Waals surface area (Å²) in [5, 5.41) is 14.5. The second-order valence-electron chi connectivity index (χ2n) is 2.91. The lowest BCUT2D eigenvalue weighted by Gasteiger charge is -1.90. The summed E-state index contributed by atoms with van der Waals surface area (Å²) >= 11 is 8.97. The zero-order valence-electron chi connectivity index (χ0n) is 7.66. The number of aromatic nitrogens is 2. The molecule has 0 atom stereocenters. The zero-order valence-corrected chi connectivity index (χ0v) is 10.0. The smallest absolute Gasteiger partial charge is 0.148 e. The van der Waals surface area contributed by atoms with Gasteiger partial charge < -0.3 is 0 Å². The first-order valence-corrected chi connectivity index (χ1v) is 6.52. The lowest BCUT2D eigenvalue weighted by Crippen LogP contribution is -1.82. The molecule has 2 aromatic rings. The summed E-state index contributed by atoms with van der Waals surface area (Å²) in [5.41, 5.74) is 2.47. The van der Waals surface area contributed by atoms with Gasteiger partial charge >= 0.3 is 0 Å². The van der Waals surface area contributed by atoms with E-state index in [0.717, 1.165) is 16.4 Å². The molecule has 0 aliphatic rings. The molecule has 0 aliphatic heterocycles. The zero-order chi connectivity index (χ0) is 9.97. The fourth-order valence-corrected chi connectivity index (χ4v) is 3.24. The topological polar surface area (TPSA) is 25.8 Å². The maximum Gasteiger partial charge on any atom is 0.148 e. The molecule has 0 N–H and O–H groups in total. The van der Waals surface area contributed by atoms with E-state index >= 15 is 0 Å². The molecule has 14 heavy (non-hydrogen) atoms. The van der Waals surface area contributed by atoms with Crippen LogP contribution in [0.4, 0.5) is 0 Å². The quantitative estimate of drug-likeness (QED) is 0.774. The Labute approximate surface area is 95.6 Å². The third-order valence-electron chi connectivity index (χ3n) is 1.86. The van der Waals surface area contributed by atoms with Gasteiger partial charge in [0.25, 0.3) is 0 Å². The summed E-state index contributed by atoms with van der Waals surface area (Å²) in [6.45, 7) is 2.09. The van der Waals surface area contributed by atoms with Crippen molar-refractivity contribution in [3.63, 3.8) is 0 Å². The average Bonchev–Trinajstić information content (AvgIpc) is 2.74. The van der Waals surface area contributed by atoms with Gasteiger partial charge in [0.15, 0.2) is 0 Å². The SMILES string of the molecule is Cc1cscc1-c1nnc(CCCl)s1. The number of hydrogen-bond donors (Lipinski definition) is 0. The number of hydrogen-bond acceptors (Lipinski definition) is 4. The molecule has 74 valence electrons. The first kappa shape index (κ1) is 10.1. The van der Waals surface area contributed by atoms with Crippen molar-refractivity contribution in [2.24, 2.45) is 0 Å². The van der Waals surface area contributed by atoms with Crippen LogP contribution in [0.15, 0.2) is 10.8 Å². The van der Waals surface area contributed by atoms with Crippen LogP contribution in [0.25, 0.3) is 10.6 Å². The second-order valence-corrected chi connectivity index (χ2v) is 5.09. The summed E-state index contributed by atoms with van der Waals surface area (Å²) < 4.78 is 0. The van der Waals surface area contributed by atoms with Crippen LogP contribution in [-0.2, 0) is 6.42 Å². The van der Waals surface area contributed by atoms with Crippen molar-refractivity contribution < 1.29 is 0 Å². The van der Waals surface area contributed by atoms with Crippen molar-refractivity contribution in [1.82, 2.24) is 10.2 Å². The van der Waals surface area contributed by atoms with E-state index in [4.69, 9.17) is 11.6 Å². The number of aryl methyl sites for hydroxylation is 2. The Balaban J connectivity index is 2.29. The van der Waals surface area contributed by atoms with E-state index in [2.05, 4.69) is 27.9 Å². The van der Waals surface area contributed by atoms with Crippen molar-refractivity contribution in [2.75, 3.05) is 5.88 Å². The van der Waals surface area contributed by atoms with Crippen molar-refractivity contribution >= 4 is 34.3 Å². The maximum atomic E-state index is 5.64. The molecule has 0 bridgehead atoms. The fraction of sp³-hybridized carbons (Fsp3) is 0.333. The molecule has 0 fully saturated rings. The number of thiophene rings is 1. The van der Waals surface area contributed by atoms with Crippen LogP contribution in [0.1, 0.15) is 10.6 Å². The van der Waals surface area contributed by atoms with Gasteiger partial charge in [-0.05, 0) is 17.9 Å². The molecule has 0 spiro atoms. The van der Waals surface area contributed by atoms with Gasteiger partial charge in [-0.1, -0.05) is 11.3 Å². The Morgan fingerprint density at radius 1 is 1.36 bits per heavy atom. The molecule has 2 aromatic heterocycles. The van der Waals surface area contributed by atoms with Gasteiger partial charge in [0, 0.05) is 23.2 Å². The first-order chi connectivity index (χ1) is 6.81. The lowest BCUT2D eigenvalue weighted by atomic mass is 10.2. The predicted molar refractivity (Wildman–Crippen MR) is 62.4 cm³/mol. The van der Waals surface area contributed by atoms with E-state index in [0.29, 0.717) is 5.88 Å². The van der Waals surface area contributed by atoms with E-state index in [-0.39, 0.29) is 0 Å². The highest BCUT2D eigenvalue weighted by atomic mass is 35.5. The second kappa shape index (κ2) is 4.38. The van der Waals surface area contributed by atoms with Crippen LogP contribution in [0.2, 0.25) is 0 Å². The Morgan fingerprint density at radius 2 is 2.21 bits per heavy atom. The van der Waals surface area contributed by atoms with Crippen LogP contribution < -0.4 is 0 Å². The van der Waals surface area contributed by atoms with Crippen molar-refractivity contribution in [3.05, 3.63) is 21.3 Å². The molecule has 0 radical (unpaired) electrons. The Kier molecular flexibility index (Phi) is 3.15. The van der Waals surface area contributed by atoms with Gasteiger partial charge in [0.05, 0.1) is 0 Å². The van der Waals surface area contributed by atoms with E-state index in [1.165, 1.54) is 11.1 Å². The van der Waals surface area contributed by atoms with Crippen LogP contribution in [0.5, 0.6) is 0 Å². The first-order valence-electron chi connectivity index (χ1n) is 4.23. The average molecular weight is 245 g/mol. The molecule has 2 nitrogen and oxygen atoms in total. The third-order valence-corrected chi connectivity index (χ3v) is 3.93. The Bertz CT molecular complexity index is 422. The lowest BCUT2D eigenvalue weighted by molar-refractivity contribution is 0.989. The standard InChI is InChI=1S/C9H9ClN2S2/c1-6-4-13-5-7(6)9-12-11-8(14-9)2-3-10/h4-5H,2-3H2,1H3. The van der Waals surface area contributed by atoms with E-state index in [9.17, 15) is 0 Å². The third kappa shape index (κ3) is 1.97. The molecule has 0 saturated heterocycles. The Hall–Kier alpha value is -0.450. The molecule has 0 aliphatic carbocycles. The molecule has 0 amide bonds. The van der Waals surface area contributed by atoms with E-state index < -0.39 is 0 Å². The molecule has 0 saturated carbocycles. The van der Waals surface area contributed by atoms with Gasteiger partial charge in [-0.25, -0.2) is 0 Å². The number of halogens is 1. The Morgan fingerprint density at radius 3 is 2.86 bits per heavy atom. The van der Waals surface area contributed by atoms with Crippen LogP contribution >= 0.6 is 34.3 Å². The maximum absolute atomic E-state index is 5.64. The van der Waals surface area contributed by atoms with Crippen molar-refractivity contribution in [2.45, 2.75) is 13.3 Å².